The number of aromatic carboxylic acids is 1. The van der Waals surface area contributed by atoms with Gasteiger partial charge < -0.3 is 14.0 Å². The van der Waals surface area contributed by atoms with Crippen molar-refractivity contribution in [3.63, 3.8) is 0 Å². The Morgan fingerprint density at radius 1 is 1.47 bits per heavy atom. The van der Waals surface area contributed by atoms with Gasteiger partial charge >= 0.3 is 5.97 Å². The van der Waals surface area contributed by atoms with Gasteiger partial charge in [-0.1, -0.05) is 5.16 Å². The second-order valence-electron chi connectivity index (χ2n) is 3.34. The van der Waals surface area contributed by atoms with Gasteiger partial charge in [0.25, 0.3) is 0 Å². The van der Waals surface area contributed by atoms with Gasteiger partial charge in [0.15, 0.2) is 5.69 Å². The molecule has 0 unspecified atom stereocenters. The van der Waals surface area contributed by atoms with E-state index in [0.29, 0.717) is 17.0 Å². The fraction of sp³-hybridized carbons (Fsp3) is 0. The molecule has 0 bridgehead atoms. The molecule has 0 amide bonds. The molecule has 3 heterocycles. The third-order valence-corrected chi connectivity index (χ3v) is 2.30. The van der Waals surface area contributed by atoms with Crippen LogP contribution in [0.25, 0.3) is 17.0 Å². The zero-order chi connectivity index (χ0) is 11.8. The van der Waals surface area contributed by atoms with Gasteiger partial charge in [-0.05, 0) is 12.1 Å². The largest absolute Gasteiger partial charge is 0.476 e. The van der Waals surface area contributed by atoms with Crippen LogP contribution in [0.5, 0.6) is 0 Å². The van der Waals surface area contributed by atoms with Crippen LogP contribution in [0.1, 0.15) is 10.5 Å². The van der Waals surface area contributed by atoms with E-state index in [1.54, 1.807) is 22.7 Å². The number of nitrogens with zero attached hydrogens (tertiary/aromatic N) is 4. The summed E-state index contributed by atoms with van der Waals surface area (Å²) in [4.78, 5) is 18.8. The molecule has 0 saturated carbocycles. The minimum atomic E-state index is -1.08. The quantitative estimate of drug-likeness (QED) is 0.708. The zero-order valence-electron chi connectivity index (χ0n) is 8.44. The van der Waals surface area contributed by atoms with Crippen molar-refractivity contribution < 1.29 is 14.4 Å². The maximum atomic E-state index is 10.8. The van der Waals surface area contributed by atoms with Crippen LogP contribution in [-0.4, -0.2) is 30.6 Å². The molecule has 7 heteroatoms. The molecule has 0 radical (unpaired) electrons. The molecule has 17 heavy (non-hydrogen) atoms. The maximum Gasteiger partial charge on any atom is 0.356 e. The normalized spacial score (nSPS) is 10.8. The van der Waals surface area contributed by atoms with Crippen LogP contribution in [0, 0.1) is 0 Å². The zero-order valence-corrected chi connectivity index (χ0v) is 8.44. The van der Waals surface area contributed by atoms with Gasteiger partial charge in [0, 0.05) is 12.4 Å². The molecule has 0 aliphatic rings. The second-order valence-corrected chi connectivity index (χ2v) is 3.34. The SMILES string of the molecule is O=C(O)c1cn2cccc(-c3ncon3)c2n1. The van der Waals surface area contributed by atoms with Gasteiger partial charge in [0.2, 0.25) is 12.2 Å². The number of fused-ring (bicyclic) bond motifs is 1. The average molecular weight is 230 g/mol. The second kappa shape index (κ2) is 3.41. The van der Waals surface area contributed by atoms with E-state index in [2.05, 4.69) is 19.6 Å². The molecule has 0 saturated heterocycles. The van der Waals surface area contributed by atoms with E-state index in [1.807, 2.05) is 0 Å². The van der Waals surface area contributed by atoms with E-state index in [4.69, 9.17) is 5.11 Å². The molecule has 3 rings (SSSR count). The van der Waals surface area contributed by atoms with Crippen molar-refractivity contribution in [3.8, 4) is 11.4 Å². The van der Waals surface area contributed by atoms with Crippen molar-refractivity contribution in [2.75, 3.05) is 0 Å². The van der Waals surface area contributed by atoms with Gasteiger partial charge in [0.05, 0.1) is 5.56 Å². The van der Waals surface area contributed by atoms with Crippen molar-refractivity contribution in [2.24, 2.45) is 0 Å². The Labute approximate surface area is 94.3 Å². The minimum absolute atomic E-state index is 0.0269. The summed E-state index contributed by atoms with van der Waals surface area (Å²) in [6, 6.07) is 3.50. The summed E-state index contributed by atoms with van der Waals surface area (Å²) < 4.78 is 6.26. The van der Waals surface area contributed by atoms with E-state index in [-0.39, 0.29) is 5.69 Å². The summed E-state index contributed by atoms with van der Waals surface area (Å²) in [6.45, 7) is 0. The first-order valence-corrected chi connectivity index (χ1v) is 4.73. The summed E-state index contributed by atoms with van der Waals surface area (Å²) in [5, 5.41) is 12.6. The summed E-state index contributed by atoms with van der Waals surface area (Å²) in [7, 11) is 0. The topological polar surface area (TPSA) is 93.5 Å². The van der Waals surface area contributed by atoms with Crippen LogP contribution in [0.3, 0.4) is 0 Å². The lowest BCUT2D eigenvalue weighted by Crippen LogP contribution is -1.95. The Hall–Kier alpha value is -2.70. The van der Waals surface area contributed by atoms with E-state index in [1.165, 1.54) is 12.6 Å². The highest BCUT2D eigenvalue weighted by molar-refractivity contribution is 5.87. The molecule has 0 atom stereocenters. The smallest absolute Gasteiger partial charge is 0.356 e. The highest BCUT2D eigenvalue weighted by Gasteiger charge is 2.14. The number of carboxylic acid groups (broad SMARTS) is 1. The predicted molar refractivity (Wildman–Crippen MR) is 55.4 cm³/mol. The number of pyridine rings is 1. The van der Waals surface area contributed by atoms with Crippen molar-refractivity contribution in [3.05, 3.63) is 36.6 Å². The fourth-order valence-electron chi connectivity index (χ4n) is 1.58. The summed E-state index contributed by atoms with van der Waals surface area (Å²) in [6.07, 6.45) is 4.35. The van der Waals surface area contributed by atoms with Crippen LogP contribution >= 0.6 is 0 Å². The van der Waals surface area contributed by atoms with Crippen molar-refractivity contribution in [1.82, 2.24) is 19.5 Å². The highest BCUT2D eigenvalue weighted by Crippen LogP contribution is 2.20. The number of carbonyl (C=O) groups is 1. The summed E-state index contributed by atoms with van der Waals surface area (Å²) in [5.74, 6) is -0.703. The van der Waals surface area contributed by atoms with Gasteiger partial charge in [-0.3, -0.25) is 0 Å². The molecule has 1 N–H and O–H groups in total. The molecule has 0 aromatic carbocycles. The molecule has 0 fully saturated rings. The molecular weight excluding hydrogens is 224 g/mol. The van der Waals surface area contributed by atoms with E-state index in [0.717, 1.165) is 0 Å². The lowest BCUT2D eigenvalue weighted by molar-refractivity contribution is 0.0691. The Morgan fingerprint density at radius 3 is 3.06 bits per heavy atom. The third kappa shape index (κ3) is 1.44. The van der Waals surface area contributed by atoms with Crippen LogP contribution < -0.4 is 0 Å². The van der Waals surface area contributed by atoms with E-state index < -0.39 is 5.97 Å². The fourth-order valence-corrected chi connectivity index (χ4v) is 1.58. The number of imidazole rings is 1. The molecule has 3 aromatic heterocycles. The highest BCUT2D eigenvalue weighted by atomic mass is 16.5. The molecule has 3 aromatic rings. The predicted octanol–water partition coefficient (Wildman–Crippen LogP) is 1.08. The Balaban J connectivity index is 2.29. The van der Waals surface area contributed by atoms with Crippen LogP contribution in [-0.2, 0) is 0 Å². The van der Waals surface area contributed by atoms with Crippen LogP contribution in [0.2, 0.25) is 0 Å². The first-order chi connectivity index (χ1) is 8.25. The van der Waals surface area contributed by atoms with Gasteiger partial charge in [-0.15, -0.1) is 0 Å². The number of aromatic nitrogens is 4. The number of hydrogen-bond donors (Lipinski definition) is 1. The molecule has 84 valence electrons. The first kappa shape index (κ1) is 9.52. The standard InChI is InChI=1S/C10H6N4O3/c15-10(16)7-4-14-3-1-2-6(9(14)12-7)8-11-5-17-13-8/h1-5H,(H,15,16). The monoisotopic (exact) mass is 230 g/mol. The maximum absolute atomic E-state index is 10.8. The number of rotatable bonds is 2. The summed E-state index contributed by atoms with van der Waals surface area (Å²) in [5.41, 5.74) is 1.07. The Bertz CT molecular complexity index is 687. The van der Waals surface area contributed by atoms with Gasteiger partial charge in [-0.25, -0.2) is 9.78 Å². The number of hydrogen-bond acceptors (Lipinski definition) is 5. The van der Waals surface area contributed by atoms with Crippen molar-refractivity contribution in [1.29, 1.82) is 0 Å². The summed E-state index contributed by atoms with van der Waals surface area (Å²) >= 11 is 0. The first-order valence-electron chi connectivity index (χ1n) is 4.73. The van der Waals surface area contributed by atoms with E-state index in [9.17, 15) is 4.79 Å². The van der Waals surface area contributed by atoms with Crippen molar-refractivity contribution >= 4 is 11.6 Å². The molecule has 7 nitrogen and oxygen atoms in total. The van der Waals surface area contributed by atoms with Crippen LogP contribution in [0.4, 0.5) is 0 Å². The van der Waals surface area contributed by atoms with Crippen molar-refractivity contribution in [2.45, 2.75) is 0 Å². The third-order valence-electron chi connectivity index (χ3n) is 2.30. The molecule has 0 aliphatic carbocycles. The van der Waals surface area contributed by atoms with Crippen LogP contribution in [0.15, 0.2) is 35.4 Å². The number of carboxylic acids is 1. The Kier molecular flexibility index (Phi) is 1.91. The van der Waals surface area contributed by atoms with E-state index >= 15 is 0 Å². The minimum Gasteiger partial charge on any atom is -0.476 e. The Morgan fingerprint density at radius 2 is 2.35 bits per heavy atom. The molecule has 0 aliphatic heterocycles. The lowest BCUT2D eigenvalue weighted by Gasteiger charge is -1.96. The molecular formula is C10H6N4O3. The molecule has 0 spiro atoms. The lowest BCUT2D eigenvalue weighted by atomic mass is 10.2. The van der Waals surface area contributed by atoms with Gasteiger partial charge in [0.1, 0.15) is 5.65 Å². The van der Waals surface area contributed by atoms with Gasteiger partial charge in [-0.2, -0.15) is 4.98 Å². The average Bonchev–Trinajstić information content (AvgIpc) is 2.97.